The predicted molar refractivity (Wildman–Crippen MR) is 71.8 cm³/mol. The molecule has 18 heavy (non-hydrogen) atoms. The molecule has 1 aliphatic carbocycles. The van der Waals surface area contributed by atoms with E-state index in [-0.39, 0.29) is 17.5 Å². The molecule has 4 heteroatoms. The van der Waals surface area contributed by atoms with Crippen molar-refractivity contribution in [2.24, 2.45) is 11.7 Å². The Balaban J connectivity index is 1.84. The Hall–Kier alpha value is -0.450. The van der Waals surface area contributed by atoms with Gasteiger partial charge in [0.25, 0.3) is 0 Å². The first-order valence-corrected chi connectivity index (χ1v) is 7.23. The second-order valence-electron chi connectivity index (χ2n) is 5.50. The summed E-state index contributed by atoms with van der Waals surface area (Å²) in [5.41, 5.74) is 7.13. The van der Waals surface area contributed by atoms with Crippen LogP contribution in [0.4, 0.5) is 4.39 Å². The van der Waals surface area contributed by atoms with Crippen molar-refractivity contribution in [3.05, 3.63) is 34.1 Å². The third-order valence-corrected chi connectivity index (χ3v) is 4.92. The molecule has 2 nitrogen and oxygen atoms in total. The standard InChI is InChI=1S/C14H17BrFNO/c15-12-10(2-1-3-11(12)16)8-14(17)6-7-18-13(14)9-4-5-9/h1-3,9,13H,4-8,17H2. The molecule has 0 radical (unpaired) electrons. The maximum absolute atomic E-state index is 13.5. The summed E-state index contributed by atoms with van der Waals surface area (Å²) in [7, 11) is 0. The molecule has 1 aromatic carbocycles. The summed E-state index contributed by atoms with van der Waals surface area (Å²) in [6.45, 7) is 0.727. The fraction of sp³-hybridized carbons (Fsp3) is 0.571. The summed E-state index contributed by atoms with van der Waals surface area (Å²) >= 11 is 3.31. The number of rotatable bonds is 3. The van der Waals surface area contributed by atoms with Gasteiger partial charge in [0.05, 0.1) is 10.6 Å². The molecule has 0 spiro atoms. The monoisotopic (exact) mass is 313 g/mol. The lowest BCUT2D eigenvalue weighted by molar-refractivity contribution is 0.0626. The van der Waals surface area contributed by atoms with Crippen molar-refractivity contribution in [2.45, 2.75) is 37.3 Å². The first-order valence-electron chi connectivity index (χ1n) is 6.43. The van der Waals surface area contributed by atoms with Crippen LogP contribution in [0.2, 0.25) is 0 Å². The Labute approximate surface area is 115 Å². The average Bonchev–Trinajstić information content (AvgIpc) is 3.10. The molecule has 1 aromatic rings. The molecule has 2 atom stereocenters. The number of hydrogen-bond acceptors (Lipinski definition) is 2. The van der Waals surface area contributed by atoms with Crippen LogP contribution in [-0.2, 0) is 11.2 Å². The molecule has 2 fully saturated rings. The van der Waals surface area contributed by atoms with E-state index in [9.17, 15) is 4.39 Å². The Kier molecular flexibility index (Phi) is 3.20. The Morgan fingerprint density at radius 1 is 1.44 bits per heavy atom. The van der Waals surface area contributed by atoms with Gasteiger partial charge in [-0.05, 0) is 59.2 Å². The maximum atomic E-state index is 13.5. The van der Waals surface area contributed by atoms with E-state index in [0.29, 0.717) is 16.8 Å². The Bertz CT molecular complexity index is 463. The van der Waals surface area contributed by atoms with Gasteiger partial charge in [-0.1, -0.05) is 12.1 Å². The van der Waals surface area contributed by atoms with Crippen molar-refractivity contribution in [3.8, 4) is 0 Å². The molecule has 2 aliphatic rings. The Morgan fingerprint density at radius 3 is 2.94 bits per heavy atom. The summed E-state index contributed by atoms with van der Waals surface area (Å²) in [4.78, 5) is 0. The zero-order chi connectivity index (χ0) is 12.8. The smallest absolute Gasteiger partial charge is 0.137 e. The van der Waals surface area contributed by atoms with E-state index in [1.54, 1.807) is 6.07 Å². The lowest BCUT2D eigenvalue weighted by Crippen LogP contribution is -2.50. The fourth-order valence-electron chi connectivity index (χ4n) is 2.92. The van der Waals surface area contributed by atoms with E-state index in [4.69, 9.17) is 10.5 Å². The lowest BCUT2D eigenvalue weighted by atomic mass is 9.83. The second-order valence-corrected chi connectivity index (χ2v) is 6.29. The SMILES string of the molecule is NC1(Cc2cccc(F)c2Br)CCOC1C1CC1. The number of halogens is 2. The van der Waals surface area contributed by atoms with Crippen LogP contribution in [0.25, 0.3) is 0 Å². The zero-order valence-corrected chi connectivity index (χ0v) is 11.7. The molecule has 98 valence electrons. The number of hydrogen-bond donors (Lipinski definition) is 1. The van der Waals surface area contributed by atoms with Crippen molar-refractivity contribution in [1.29, 1.82) is 0 Å². The summed E-state index contributed by atoms with van der Waals surface area (Å²) in [6.07, 6.45) is 4.11. The molecule has 0 bridgehead atoms. The first-order chi connectivity index (χ1) is 8.60. The van der Waals surface area contributed by atoms with Gasteiger partial charge in [0.2, 0.25) is 0 Å². The minimum Gasteiger partial charge on any atom is -0.376 e. The molecular formula is C14H17BrFNO. The molecule has 2 N–H and O–H groups in total. The molecule has 0 amide bonds. The average molecular weight is 314 g/mol. The van der Waals surface area contributed by atoms with Gasteiger partial charge in [-0.15, -0.1) is 0 Å². The van der Waals surface area contributed by atoms with Gasteiger partial charge in [-0.2, -0.15) is 0 Å². The van der Waals surface area contributed by atoms with E-state index in [0.717, 1.165) is 18.6 Å². The van der Waals surface area contributed by atoms with Gasteiger partial charge in [-0.3, -0.25) is 0 Å². The highest BCUT2D eigenvalue weighted by Crippen LogP contribution is 2.44. The van der Waals surface area contributed by atoms with Crippen molar-refractivity contribution in [1.82, 2.24) is 0 Å². The highest BCUT2D eigenvalue weighted by atomic mass is 79.9. The minimum absolute atomic E-state index is 0.146. The topological polar surface area (TPSA) is 35.2 Å². The summed E-state index contributed by atoms with van der Waals surface area (Å²) < 4.78 is 19.9. The van der Waals surface area contributed by atoms with Crippen molar-refractivity contribution in [3.63, 3.8) is 0 Å². The van der Waals surface area contributed by atoms with Crippen LogP contribution in [0.5, 0.6) is 0 Å². The van der Waals surface area contributed by atoms with Crippen LogP contribution < -0.4 is 5.73 Å². The van der Waals surface area contributed by atoms with Gasteiger partial charge < -0.3 is 10.5 Å². The van der Waals surface area contributed by atoms with Gasteiger partial charge in [0.1, 0.15) is 5.82 Å². The first kappa shape index (κ1) is 12.6. The molecule has 1 heterocycles. The fourth-order valence-corrected chi connectivity index (χ4v) is 3.32. The van der Waals surface area contributed by atoms with Crippen LogP contribution in [0, 0.1) is 11.7 Å². The van der Waals surface area contributed by atoms with Crippen LogP contribution in [0.1, 0.15) is 24.8 Å². The van der Waals surface area contributed by atoms with E-state index >= 15 is 0 Å². The van der Waals surface area contributed by atoms with E-state index in [1.165, 1.54) is 18.9 Å². The molecule has 3 rings (SSSR count). The number of nitrogens with two attached hydrogens (primary N) is 1. The second kappa shape index (κ2) is 4.58. The zero-order valence-electron chi connectivity index (χ0n) is 10.2. The highest BCUT2D eigenvalue weighted by molar-refractivity contribution is 9.10. The summed E-state index contributed by atoms with van der Waals surface area (Å²) in [5.74, 6) is 0.392. The Morgan fingerprint density at radius 2 is 2.22 bits per heavy atom. The van der Waals surface area contributed by atoms with Crippen molar-refractivity contribution < 1.29 is 9.13 Å². The minimum atomic E-state index is -0.336. The molecular weight excluding hydrogens is 297 g/mol. The normalized spacial score (nSPS) is 31.8. The van der Waals surface area contributed by atoms with Crippen LogP contribution in [-0.4, -0.2) is 18.2 Å². The quantitative estimate of drug-likeness (QED) is 0.931. The summed E-state index contributed by atoms with van der Waals surface area (Å²) in [5, 5.41) is 0. The van der Waals surface area contributed by atoms with Crippen molar-refractivity contribution in [2.75, 3.05) is 6.61 Å². The van der Waals surface area contributed by atoms with Crippen LogP contribution in [0.3, 0.4) is 0 Å². The largest absolute Gasteiger partial charge is 0.376 e. The van der Waals surface area contributed by atoms with Gasteiger partial charge >= 0.3 is 0 Å². The molecule has 1 saturated carbocycles. The van der Waals surface area contributed by atoms with Crippen LogP contribution in [0.15, 0.2) is 22.7 Å². The maximum Gasteiger partial charge on any atom is 0.137 e. The van der Waals surface area contributed by atoms with Crippen LogP contribution >= 0.6 is 15.9 Å². The predicted octanol–water partition coefficient (Wildman–Crippen LogP) is 3.03. The molecule has 1 saturated heterocycles. The highest BCUT2D eigenvalue weighted by Gasteiger charge is 2.48. The lowest BCUT2D eigenvalue weighted by Gasteiger charge is -2.30. The third-order valence-electron chi connectivity index (χ3n) is 4.03. The molecule has 2 unspecified atom stereocenters. The van der Waals surface area contributed by atoms with E-state index in [2.05, 4.69) is 15.9 Å². The third kappa shape index (κ3) is 2.22. The molecule has 0 aromatic heterocycles. The van der Waals surface area contributed by atoms with Gasteiger partial charge in [0.15, 0.2) is 0 Å². The van der Waals surface area contributed by atoms with E-state index in [1.807, 2.05) is 6.07 Å². The van der Waals surface area contributed by atoms with Crippen molar-refractivity contribution >= 4 is 15.9 Å². The van der Waals surface area contributed by atoms with E-state index < -0.39 is 0 Å². The number of ether oxygens (including phenoxy) is 1. The summed E-state index contributed by atoms with van der Waals surface area (Å²) in [6, 6.07) is 5.13. The van der Waals surface area contributed by atoms with Gasteiger partial charge in [-0.25, -0.2) is 4.39 Å². The van der Waals surface area contributed by atoms with Gasteiger partial charge in [0, 0.05) is 12.1 Å². The number of benzene rings is 1. The molecule has 1 aliphatic heterocycles.